The van der Waals surface area contributed by atoms with Crippen molar-refractivity contribution in [3.05, 3.63) is 40.6 Å². The molecule has 0 spiro atoms. The molecular formula is C14H15NO2S. The van der Waals surface area contributed by atoms with Crippen molar-refractivity contribution in [3.8, 4) is 11.5 Å². The average molecular weight is 261 g/mol. The molecule has 4 heteroatoms. The third-order valence-electron chi connectivity index (χ3n) is 2.82. The molecule has 0 saturated carbocycles. The number of rotatable bonds is 3. The van der Waals surface area contributed by atoms with Gasteiger partial charge in [0.25, 0.3) is 0 Å². The Balaban J connectivity index is 1.71. The summed E-state index contributed by atoms with van der Waals surface area (Å²) in [7, 11) is 0. The van der Waals surface area contributed by atoms with E-state index in [4.69, 9.17) is 9.47 Å². The van der Waals surface area contributed by atoms with Crippen LogP contribution in [0.4, 0.5) is 5.69 Å². The molecule has 0 aliphatic carbocycles. The summed E-state index contributed by atoms with van der Waals surface area (Å²) >= 11 is 1.72. The maximum absolute atomic E-state index is 5.66. The molecule has 3 rings (SSSR count). The lowest BCUT2D eigenvalue weighted by atomic mass is 10.2. The van der Waals surface area contributed by atoms with E-state index < -0.39 is 0 Å². The minimum absolute atomic E-state index is 0.723. The molecule has 1 aliphatic heterocycles. The van der Waals surface area contributed by atoms with Crippen molar-refractivity contribution in [2.75, 3.05) is 18.5 Å². The van der Waals surface area contributed by atoms with Crippen molar-refractivity contribution in [2.45, 2.75) is 13.0 Å². The van der Waals surface area contributed by atoms with Crippen LogP contribution in [0.2, 0.25) is 0 Å². The summed E-state index contributed by atoms with van der Waals surface area (Å²) in [6, 6.07) is 8.13. The first-order valence-electron chi connectivity index (χ1n) is 6.06. The van der Waals surface area contributed by atoms with E-state index in [0.717, 1.165) is 43.4 Å². The number of thiophene rings is 1. The predicted octanol–water partition coefficient (Wildman–Crippen LogP) is 3.52. The van der Waals surface area contributed by atoms with Crippen molar-refractivity contribution >= 4 is 17.0 Å². The van der Waals surface area contributed by atoms with Gasteiger partial charge in [-0.15, -0.1) is 0 Å². The molecule has 1 aromatic heterocycles. The van der Waals surface area contributed by atoms with Gasteiger partial charge in [-0.25, -0.2) is 0 Å². The van der Waals surface area contributed by atoms with Crippen molar-refractivity contribution < 1.29 is 9.47 Å². The van der Waals surface area contributed by atoms with Gasteiger partial charge in [0.05, 0.1) is 13.2 Å². The molecule has 0 radical (unpaired) electrons. The smallest absolute Gasteiger partial charge is 0.163 e. The fraction of sp³-hybridized carbons (Fsp3) is 0.286. The quantitative estimate of drug-likeness (QED) is 0.917. The largest absolute Gasteiger partial charge is 0.490 e. The van der Waals surface area contributed by atoms with Gasteiger partial charge in [0.15, 0.2) is 11.5 Å². The van der Waals surface area contributed by atoms with Crippen molar-refractivity contribution in [2.24, 2.45) is 0 Å². The maximum atomic E-state index is 5.66. The normalized spacial score (nSPS) is 14.0. The van der Waals surface area contributed by atoms with E-state index in [0.29, 0.717) is 0 Å². The highest BCUT2D eigenvalue weighted by Gasteiger charge is 2.10. The first-order chi connectivity index (χ1) is 8.92. The lowest BCUT2D eigenvalue weighted by molar-refractivity contribution is 0.297. The second kappa shape index (κ2) is 5.31. The van der Waals surface area contributed by atoms with E-state index in [1.54, 1.807) is 11.3 Å². The van der Waals surface area contributed by atoms with Crippen LogP contribution in [0.15, 0.2) is 35.0 Å². The number of benzene rings is 1. The van der Waals surface area contributed by atoms with E-state index in [9.17, 15) is 0 Å². The van der Waals surface area contributed by atoms with Crippen LogP contribution in [-0.2, 0) is 6.54 Å². The van der Waals surface area contributed by atoms with E-state index in [1.165, 1.54) is 5.56 Å². The third kappa shape index (κ3) is 2.59. The minimum atomic E-state index is 0.723. The second-order valence-corrected chi connectivity index (χ2v) is 4.98. The Morgan fingerprint density at radius 2 is 2.00 bits per heavy atom. The van der Waals surface area contributed by atoms with Gasteiger partial charge in [-0.1, -0.05) is 0 Å². The lowest BCUT2D eigenvalue weighted by Gasteiger charge is -2.10. The van der Waals surface area contributed by atoms with Crippen molar-refractivity contribution in [1.82, 2.24) is 0 Å². The topological polar surface area (TPSA) is 30.5 Å². The molecule has 18 heavy (non-hydrogen) atoms. The number of ether oxygens (including phenoxy) is 2. The number of fused-ring (bicyclic) bond motifs is 1. The van der Waals surface area contributed by atoms with Crippen LogP contribution in [-0.4, -0.2) is 13.2 Å². The van der Waals surface area contributed by atoms with Crippen LogP contribution in [0.5, 0.6) is 11.5 Å². The van der Waals surface area contributed by atoms with Crippen LogP contribution in [0, 0.1) is 0 Å². The summed E-state index contributed by atoms with van der Waals surface area (Å²) in [6.45, 7) is 2.29. The van der Waals surface area contributed by atoms with Gasteiger partial charge in [-0.05, 0) is 34.5 Å². The highest BCUT2D eigenvalue weighted by molar-refractivity contribution is 7.07. The average Bonchev–Trinajstić information content (AvgIpc) is 2.80. The van der Waals surface area contributed by atoms with Crippen molar-refractivity contribution in [3.63, 3.8) is 0 Å². The molecular weight excluding hydrogens is 246 g/mol. The highest BCUT2D eigenvalue weighted by atomic mass is 32.1. The molecule has 0 bridgehead atoms. The molecule has 94 valence electrons. The van der Waals surface area contributed by atoms with Crippen LogP contribution in [0.1, 0.15) is 12.0 Å². The Labute approximate surface area is 110 Å². The molecule has 1 N–H and O–H groups in total. The monoisotopic (exact) mass is 261 g/mol. The number of hydrogen-bond acceptors (Lipinski definition) is 4. The molecule has 0 fully saturated rings. The summed E-state index contributed by atoms with van der Waals surface area (Å²) in [5.41, 5.74) is 2.36. The summed E-state index contributed by atoms with van der Waals surface area (Å²) in [5.74, 6) is 1.68. The lowest BCUT2D eigenvalue weighted by Crippen LogP contribution is -1.99. The Morgan fingerprint density at radius 1 is 1.11 bits per heavy atom. The molecule has 2 aromatic rings. The van der Waals surface area contributed by atoms with Crippen LogP contribution in [0.3, 0.4) is 0 Å². The van der Waals surface area contributed by atoms with E-state index in [-0.39, 0.29) is 0 Å². The maximum Gasteiger partial charge on any atom is 0.163 e. The Bertz CT molecular complexity index is 511. The van der Waals surface area contributed by atoms with E-state index in [1.807, 2.05) is 18.2 Å². The van der Waals surface area contributed by atoms with Gasteiger partial charge in [-0.3, -0.25) is 0 Å². The van der Waals surface area contributed by atoms with Crippen LogP contribution < -0.4 is 14.8 Å². The molecule has 0 saturated heterocycles. The number of hydrogen-bond donors (Lipinski definition) is 1. The second-order valence-electron chi connectivity index (χ2n) is 4.20. The fourth-order valence-corrected chi connectivity index (χ4v) is 2.54. The SMILES string of the molecule is c1cc(CNc2ccc3c(c2)OCCCO3)cs1. The Kier molecular flexibility index (Phi) is 3.37. The molecule has 0 atom stereocenters. The standard InChI is InChI=1S/C14H15NO2S/c1-5-16-13-3-2-12(8-14(13)17-6-1)15-9-11-4-7-18-10-11/h2-4,7-8,10,15H,1,5-6,9H2. The van der Waals surface area contributed by atoms with Gasteiger partial charge < -0.3 is 14.8 Å². The molecule has 1 aliphatic rings. The molecule has 0 amide bonds. The third-order valence-corrected chi connectivity index (χ3v) is 3.56. The van der Waals surface area contributed by atoms with Gasteiger partial charge in [0.1, 0.15) is 0 Å². The fourth-order valence-electron chi connectivity index (χ4n) is 1.87. The number of anilines is 1. The first kappa shape index (κ1) is 11.4. The van der Waals surface area contributed by atoms with Crippen molar-refractivity contribution in [1.29, 1.82) is 0 Å². The van der Waals surface area contributed by atoms with Gasteiger partial charge >= 0.3 is 0 Å². The summed E-state index contributed by atoms with van der Waals surface area (Å²) in [4.78, 5) is 0. The first-order valence-corrected chi connectivity index (χ1v) is 7.01. The zero-order chi connectivity index (χ0) is 12.2. The van der Waals surface area contributed by atoms with Crippen LogP contribution >= 0.6 is 11.3 Å². The van der Waals surface area contributed by atoms with Gasteiger partial charge in [0, 0.05) is 24.7 Å². The van der Waals surface area contributed by atoms with Crippen LogP contribution in [0.25, 0.3) is 0 Å². The predicted molar refractivity (Wildman–Crippen MR) is 73.7 cm³/mol. The Hall–Kier alpha value is -1.68. The summed E-state index contributed by atoms with van der Waals surface area (Å²) in [6.07, 6.45) is 0.937. The summed E-state index contributed by atoms with van der Waals surface area (Å²) in [5, 5.41) is 7.63. The molecule has 2 heterocycles. The zero-order valence-electron chi connectivity index (χ0n) is 10.0. The minimum Gasteiger partial charge on any atom is -0.490 e. The number of nitrogens with one attached hydrogen (secondary N) is 1. The summed E-state index contributed by atoms with van der Waals surface area (Å²) < 4.78 is 11.3. The highest BCUT2D eigenvalue weighted by Crippen LogP contribution is 2.32. The molecule has 0 unspecified atom stereocenters. The van der Waals surface area contributed by atoms with Gasteiger partial charge in [-0.2, -0.15) is 11.3 Å². The zero-order valence-corrected chi connectivity index (χ0v) is 10.8. The van der Waals surface area contributed by atoms with E-state index in [2.05, 4.69) is 22.1 Å². The van der Waals surface area contributed by atoms with E-state index >= 15 is 0 Å². The molecule has 1 aromatic carbocycles. The molecule has 3 nitrogen and oxygen atoms in total. The van der Waals surface area contributed by atoms with Gasteiger partial charge in [0.2, 0.25) is 0 Å². The Morgan fingerprint density at radius 3 is 2.83 bits per heavy atom.